The molecule has 1 radical (unpaired) electrons. The van der Waals surface area contributed by atoms with E-state index in [0.717, 1.165) is 42.6 Å². The van der Waals surface area contributed by atoms with Crippen LogP contribution in [0, 0.1) is 24.2 Å². The maximum Gasteiger partial charge on any atom is 0.417 e. The fourth-order valence-electron chi connectivity index (χ4n) is 4.53. The van der Waals surface area contributed by atoms with Gasteiger partial charge in [-0.3, -0.25) is 0 Å². The number of nitrogens with one attached hydrogen (secondary N) is 1. The summed E-state index contributed by atoms with van der Waals surface area (Å²) in [5.41, 5.74) is 1.91. The van der Waals surface area contributed by atoms with Crippen molar-refractivity contribution in [1.82, 2.24) is 15.0 Å². The molecule has 2 fully saturated rings. The van der Waals surface area contributed by atoms with Crippen LogP contribution in [0.15, 0.2) is 42.9 Å². The molecule has 3 heterocycles. The topological polar surface area (TPSA) is 53.9 Å². The first-order chi connectivity index (χ1) is 15.7. The largest absolute Gasteiger partial charge is 0.417 e. The predicted octanol–water partition coefficient (Wildman–Crippen LogP) is 5.28. The van der Waals surface area contributed by atoms with E-state index in [-0.39, 0.29) is 17.3 Å². The SMILES string of the molecule is Cc1c[c]c(-c2ncccn2)c(N2CC3(CC3)C[C@H]2CNc2ncc(C(F)(F)F)cc2F)c1. The number of hydrogen-bond acceptors (Lipinski definition) is 5. The average molecular weight is 456 g/mol. The van der Waals surface area contributed by atoms with Gasteiger partial charge >= 0.3 is 6.18 Å². The van der Waals surface area contributed by atoms with Crippen LogP contribution < -0.4 is 10.2 Å². The summed E-state index contributed by atoms with van der Waals surface area (Å²) in [6.07, 6.45) is 2.55. The first-order valence-electron chi connectivity index (χ1n) is 10.8. The minimum Gasteiger partial charge on any atom is -0.366 e. The molecular weight excluding hydrogens is 434 g/mol. The van der Waals surface area contributed by atoms with Crippen LogP contribution in [0.2, 0.25) is 0 Å². The van der Waals surface area contributed by atoms with Gasteiger partial charge in [0.2, 0.25) is 0 Å². The number of benzene rings is 1. The molecule has 33 heavy (non-hydrogen) atoms. The van der Waals surface area contributed by atoms with Gasteiger partial charge in [-0.1, -0.05) is 6.07 Å². The quantitative estimate of drug-likeness (QED) is 0.530. The number of pyridine rings is 1. The van der Waals surface area contributed by atoms with Gasteiger partial charge in [-0.25, -0.2) is 19.3 Å². The van der Waals surface area contributed by atoms with Gasteiger partial charge in [0.1, 0.15) is 0 Å². The molecule has 1 saturated carbocycles. The lowest BCUT2D eigenvalue weighted by Gasteiger charge is -2.29. The molecule has 5 nitrogen and oxygen atoms in total. The standard InChI is InChI=1S/C24H22F4N5/c1-15-3-4-18(21-29-7-2-8-30-21)20(9-15)33-14-23(5-6-23)11-17(33)13-32-22-19(25)10-16(12-31-22)24(26,27)28/h2-3,7-10,12,17H,5-6,11,13-14H2,1H3,(H,31,32)/t17-/m0/s1. The Labute approximate surface area is 188 Å². The third kappa shape index (κ3) is 4.36. The Morgan fingerprint density at radius 1 is 1.18 bits per heavy atom. The number of alkyl halides is 3. The second-order valence-corrected chi connectivity index (χ2v) is 8.93. The van der Waals surface area contributed by atoms with Gasteiger partial charge < -0.3 is 10.2 Å². The van der Waals surface area contributed by atoms with Crippen LogP contribution in [0.5, 0.6) is 0 Å². The van der Waals surface area contributed by atoms with E-state index in [1.807, 2.05) is 13.0 Å². The second kappa shape index (κ2) is 7.97. The van der Waals surface area contributed by atoms with E-state index in [4.69, 9.17) is 0 Å². The molecule has 0 amide bonds. The first-order valence-corrected chi connectivity index (χ1v) is 10.8. The molecular formula is C24H22F4N5. The van der Waals surface area contributed by atoms with Crippen LogP contribution in [0.1, 0.15) is 30.4 Å². The molecule has 171 valence electrons. The van der Waals surface area contributed by atoms with Crippen molar-refractivity contribution in [3.05, 3.63) is 65.9 Å². The fourth-order valence-corrected chi connectivity index (χ4v) is 4.53. The summed E-state index contributed by atoms with van der Waals surface area (Å²) < 4.78 is 52.8. The van der Waals surface area contributed by atoms with Crippen LogP contribution in [0.25, 0.3) is 11.4 Å². The van der Waals surface area contributed by atoms with Crippen LogP contribution in [-0.4, -0.2) is 34.1 Å². The molecule has 9 heteroatoms. The van der Waals surface area contributed by atoms with Crippen molar-refractivity contribution in [2.45, 2.75) is 38.4 Å². The summed E-state index contributed by atoms with van der Waals surface area (Å²) in [4.78, 5) is 14.7. The van der Waals surface area contributed by atoms with Crippen molar-refractivity contribution in [3.63, 3.8) is 0 Å². The molecule has 0 bridgehead atoms. The average Bonchev–Trinajstić information content (AvgIpc) is 3.44. The number of aryl methyl sites for hydroxylation is 1. The number of halogens is 4. The number of rotatable bonds is 5. The molecule has 2 aromatic heterocycles. The summed E-state index contributed by atoms with van der Waals surface area (Å²) in [5, 5.41) is 2.94. The van der Waals surface area contributed by atoms with Crippen molar-refractivity contribution in [1.29, 1.82) is 0 Å². The minimum atomic E-state index is -4.63. The van der Waals surface area contributed by atoms with Crippen LogP contribution in [-0.2, 0) is 6.18 Å². The highest BCUT2D eigenvalue weighted by atomic mass is 19.4. The highest BCUT2D eigenvalue weighted by Crippen LogP contribution is 2.56. The van der Waals surface area contributed by atoms with Crippen molar-refractivity contribution in [2.24, 2.45) is 5.41 Å². The van der Waals surface area contributed by atoms with E-state index >= 15 is 0 Å². The van der Waals surface area contributed by atoms with Crippen LogP contribution in [0.4, 0.5) is 29.1 Å². The van der Waals surface area contributed by atoms with Gasteiger partial charge in [0.05, 0.1) is 11.1 Å². The highest BCUT2D eigenvalue weighted by Gasteiger charge is 2.52. The Bertz CT molecular complexity index is 1160. The lowest BCUT2D eigenvalue weighted by Crippen LogP contribution is -2.35. The Morgan fingerprint density at radius 2 is 1.94 bits per heavy atom. The summed E-state index contributed by atoms with van der Waals surface area (Å²) in [6.45, 7) is 3.19. The summed E-state index contributed by atoms with van der Waals surface area (Å²) in [6, 6.07) is 9.52. The van der Waals surface area contributed by atoms with E-state index in [2.05, 4.69) is 37.3 Å². The lowest BCUT2D eigenvalue weighted by atomic mass is 10.0. The highest BCUT2D eigenvalue weighted by molar-refractivity contribution is 5.75. The minimum absolute atomic E-state index is 0.00801. The van der Waals surface area contributed by atoms with E-state index in [1.54, 1.807) is 18.5 Å². The molecule has 1 N–H and O–H groups in total. The zero-order valence-electron chi connectivity index (χ0n) is 18.0. The molecule has 1 aliphatic heterocycles. The van der Waals surface area contributed by atoms with Crippen LogP contribution >= 0.6 is 0 Å². The Kier molecular flexibility index (Phi) is 5.22. The monoisotopic (exact) mass is 456 g/mol. The van der Waals surface area contributed by atoms with Gasteiger partial charge in [-0.2, -0.15) is 13.2 Å². The van der Waals surface area contributed by atoms with Gasteiger partial charge in [-0.05, 0) is 61.4 Å². The van der Waals surface area contributed by atoms with E-state index in [1.165, 1.54) is 0 Å². The molecule has 1 aromatic carbocycles. The number of aromatic nitrogens is 3. The number of nitrogens with zero attached hydrogens (tertiary/aromatic N) is 4. The summed E-state index contributed by atoms with van der Waals surface area (Å²) in [5.74, 6) is -0.619. The third-order valence-corrected chi connectivity index (χ3v) is 6.41. The fraction of sp³-hybridized carbons (Fsp3) is 0.375. The lowest BCUT2D eigenvalue weighted by molar-refractivity contribution is -0.138. The Hall–Kier alpha value is -3.23. The molecule has 1 saturated heterocycles. The maximum atomic E-state index is 14.3. The Morgan fingerprint density at radius 3 is 2.61 bits per heavy atom. The van der Waals surface area contributed by atoms with Gasteiger partial charge in [0.25, 0.3) is 0 Å². The zero-order valence-corrected chi connectivity index (χ0v) is 18.0. The predicted molar refractivity (Wildman–Crippen MR) is 116 cm³/mol. The van der Waals surface area contributed by atoms with Crippen molar-refractivity contribution in [2.75, 3.05) is 23.3 Å². The van der Waals surface area contributed by atoms with Crippen molar-refractivity contribution in [3.8, 4) is 11.4 Å². The molecule has 1 spiro atoms. The molecule has 1 aliphatic carbocycles. The molecule has 1 atom stereocenters. The van der Waals surface area contributed by atoms with Gasteiger partial charge in [0, 0.05) is 43.4 Å². The smallest absolute Gasteiger partial charge is 0.366 e. The third-order valence-electron chi connectivity index (χ3n) is 6.41. The molecule has 0 unspecified atom stereocenters. The van der Waals surface area contributed by atoms with Gasteiger partial charge in [-0.15, -0.1) is 0 Å². The van der Waals surface area contributed by atoms with E-state index in [9.17, 15) is 17.6 Å². The summed E-state index contributed by atoms with van der Waals surface area (Å²) >= 11 is 0. The van der Waals surface area contributed by atoms with E-state index in [0.29, 0.717) is 24.6 Å². The van der Waals surface area contributed by atoms with Crippen molar-refractivity contribution < 1.29 is 17.6 Å². The number of anilines is 2. The zero-order chi connectivity index (χ0) is 23.2. The molecule has 2 aliphatic rings. The van der Waals surface area contributed by atoms with Crippen molar-refractivity contribution >= 4 is 11.5 Å². The second-order valence-electron chi connectivity index (χ2n) is 8.93. The van der Waals surface area contributed by atoms with E-state index < -0.39 is 17.6 Å². The first kappa shape index (κ1) is 21.6. The van der Waals surface area contributed by atoms with Gasteiger partial charge in [0.15, 0.2) is 17.5 Å². The molecule has 5 rings (SSSR count). The Balaban J connectivity index is 1.42. The maximum absolute atomic E-state index is 14.3. The molecule has 3 aromatic rings. The normalized spacial score (nSPS) is 19.2. The van der Waals surface area contributed by atoms with Crippen LogP contribution in [0.3, 0.4) is 0 Å². The number of hydrogen-bond donors (Lipinski definition) is 1. The summed E-state index contributed by atoms with van der Waals surface area (Å²) in [7, 11) is 0.